The van der Waals surface area contributed by atoms with Gasteiger partial charge in [-0.25, -0.2) is 4.79 Å². The van der Waals surface area contributed by atoms with Crippen LogP contribution in [0.2, 0.25) is 0 Å². The molecular formula is C23H23N3O4S2. The van der Waals surface area contributed by atoms with E-state index >= 15 is 0 Å². The molecule has 0 spiro atoms. The van der Waals surface area contributed by atoms with Gasteiger partial charge in [-0.15, -0.1) is 21.5 Å². The molecule has 1 aliphatic rings. The molecule has 2 aromatic heterocycles. The number of thioether (sulfide) groups is 1. The minimum atomic E-state index is -0.404. The van der Waals surface area contributed by atoms with Gasteiger partial charge in [0.15, 0.2) is 0 Å². The van der Waals surface area contributed by atoms with E-state index in [0.717, 1.165) is 59.9 Å². The summed E-state index contributed by atoms with van der Waals surface area (Å²) in [5.41, 5.74) is 2.54. The van der Waals surface area contributed by atoms with E-state index < -0.39 is 5.97 Å². The molecule has 9 heteroatoms. The van der Waals surface area contributed by atoms with Crippen LogP contribution in [0, 0.1) is 0 Å². The maximum atomic E-state index is 12.6. The van der Waals surface area contributed by atoms with Gasteiger partial charge in [0.05, 0.1) is 18.4 Å². The lowest BCUT2D eigenvalue weighted by Gasteiger charge is -2.07. The van der Waals surface area contributed by atoms with Gasteiger partial charge in [-0.1, -0.05) is 48.5 Å². The summed E-state index contributed by atoms with van der Waals surface area (Å²) in [6.45, 7) is 0. The van der Waals surface area contributed by atoms with E-state index in [0.29, 0.717) is 21.7 Å². The Morgan fingerprint density at radius 2 is 1.97 bits per heavy atom. The summed E-state index contributed by atoms with van der Waals surface area (Å²) in [6.07, 6.45) is 8.65. The molecule has 3 aromatic rings. The van der Waals surface area contributed by atoms with Gasteiger partial charge in [0.1, 0.15) is 5.00 Å². The highest BCUT2D eigenvalue weighted by Crippen LogP contribution is 2.38. The van der Waals surface area contributed by atoms with Crippen molar-refractivity contribution in [3.63, 3.8) is 0 Å². The molecule has 32 heavy (non-hydrogen) atoms. The fourth-order valence-electron chi connectivity index (χ4n) is 3.52. The molecule has 1 amide bonds. The summed E-state index contributed by atoms with van der Waals surface area (Å²) in [7, 11) is 1.37. The second kappa shape index (κ2) is 10.6. The van der Waals surface area contributed by atoms with Crippen LogP contribution in [0.5, 0.6) is 0 Å². The number of carbonyl (C=O) groups is 2. The number of aromatic nitrogens is 2. The third kappa shape index (κ3) is 5.46. The topological polar surface area (TPSA) is 94.3 Å². The molecule has 0 radical (unpaired) electrons. The number of rotatable bonds is 7. The molecule has 0 bridgehead atoms. The van der Waals surface area contributed by atoms with Crippen molar-refractivity contribution in [3.05, 3.63) is 57.8 Å². The lowest BCUT2D eigenvalue weighted by atomic mass is 10.1. The summed E-state index contributed by atoms with van der Waals surface area (Å²) < 4.78 is 10.6. The summed E-state index contributed by atoms with van der Waals surface area (Å²) in [6, 6.07) is 9.79. The number of nitrogens with zero attached hydrogens (tertiary/aromatic N) is 2. The van der Waals surface area contributed by atoms with Crippen molar-refractivity contribution >= 4 is 52.1 Å². The lowest BCUT2D eigenvalue weighted by Crippen LogP contribution is -2.16. The number of methoxy groups -OCH3 is 1. The number of amides is 1. The predicted octanol–water partition coefficient (Wildman–Crippen LogP) is 5.09. The Balaban J connectivity index is 1.38. The molecule has 1 N–H and O–H groups in total. The van der Waals surface area contributed by atoms with E-state index in [-0.39, 0.29) is 11.7 Å². The second-order valence-electron chi connectivity index (χ2n) is 7.25. The van der Waals surface area contributed by atoms with Crippen LogP contribution < -0.4 is 5.32 Å². The van der Waals surface area contributed by atoms with Crippen LogP contribution in [-0.2, 0) is 22.4 Å². The first-order valence-corrected chi connectivity index (χ1v) is 12.2. The highest BCUT2D eigenvalue weighted by atomic mass is 32.2. The predicted molar refractivity (Wildman–Crippen MR) is 126 cm³/mol. The minimum absolute atomic E-state index is 0.0905. The van der Waals surface area contributed by atoms with Crippen molar-refractivity contribution in [2.24, 2.45) is 0 Å². The molecule has 0 fully saturated rings. The second-order valence-corrected chi connectivity index (χ2v) is 9.28. The number of benzene rings is 1. The van der Waals surface area contributed by atoms with E-state index in [9.17, 15) is 9.59 Å². The minimum Gasteiger partial charge on any atom is -0.465 e. The zero-order valence-corrected chi connectivity index (χ0v) is 19.3. The van der Waals surface area contributed by atoms with Gasteiger partial charge in [-0.2, -0.15) is 0 Å². The summed E-state index contributed by atoms with van der Waals surface area (Å²) in [4.78, 5) is 26.1. The standard InChI is InChI=1S/C23H23N3O4S2/c1-29-22(28)20-16-10-6-3-7-11-17(16)32-21(20)24-18(27)14-31-23-26-25-19(30-23)13-12-15-8-4-2-5-9-15/h2,4-5,8-9,12-13H,3,6-7,10-11,14H2,1H3,(H,24,27). The number of hydrogen-bond donors (Lipinski definition) is 1. The van der Waals surface area contributed by atoms with Crippen molar-refractivity contribution in [2.75, 3.05) is 18.2 Å². The molecule has 2 heterocycles. The third-order valence-corrected chi connectivity index (χ3v) is 7.06. The van der Waals surface area contributed by atoms with Gasteiger partial charge in [-0.3, -0.25) is 4.79 Å². The number of anilines is 1. The van der Waals surface area contributed by atoms with Crippen LogP contribution in [0.3, 0.4) is 0 Å². The summed E-state index contributed by atoms with van der Waals surface area (Å²) >= 11 is 2.63. The van der Waals surface area contributed by atoms with E-state index in [1.54, 1.807) is 6.08 Å². The van der Waals surface area contributed by atoms with Crippen LogP contribution in [0.25, 0.3) is 12.2 Å². The number of hydrogen-bond acceptors (Lipinski definition) is 8. The molecule has 1 aromatic carbocycles. The highest BCUT2D eigenvalue weighted by molar-refractivity contribution is 7.99. The smallest absolute Gasteiger partial charge is 0.341 e. The quantitative estimate of drug-likeness (QED) is 0.293. The van der Waals surface area contributed by atoms with Crippen LogP contribution >= 0.6 is 23.1 Å². The zero-order valence-electron chi connectivity index (χ0n) is 17.6. The van der Waals surface area contributed by atoms with Gasteiger partial charge >= 0.3 is 5.97 Å². The number of thiophene rings is 1. The Kier molecular flexibility index (Phi) is 7.39. The molecule has 166 valence electrons. The van der Waals surface area contributed by atoms with E-state index in [4.69, 9.17) is 9.15 Å². The Bertz CT molecular complexity index is 1120. The third-order valence-electron chi connectivity index (χ3n) is 5.03. The molecule has 7 nitrogen and oxygen atoms in total. The molecule has 0 saturated carbocycles. The molecule has 0 atom stereocenters. The van der Waals surface area contributed by atoms with Crippen LogP contribution in [0.4, 0.5) is 5.00 Å². The van der Waals surface area contributed by atoms with E-state index in [1.165, 1.54) is 18.4 Å². The monoisotopic (exact) mass is 469 g/mol. The molecular weight excluding hydrogens is 446 g/mol. The largest absolute Gasteiger partial charge is 0.465 e. The van der Waals surface area contributed by atoms with Crippen molar-refractivity contribution in [1.29, 1.82) is 0 Å². The van der Waals surface area contributed by atoms with Gasteiger partial charge in [-0.05, 0) is 42.9 Å². The van der Waals surface area contributed by atoms with Crippen molar-refractivity contribution in [3.8, 4) is 0 Å². The fourth-order valence-corrected chi connectivity index (χ4v) is 5.38. The Morgan fingerprint density at radius 3 is 2.78 bits per heavy atom. The molecule has 0 aliphatic heterocycles. The van der Waals surface area contributed by atoms with Crippen molar-refractivity contribution in [1.82, 2.24) is 10.2 Å². The number of aryl methyl sites for hydroxylation is 1. The van der Waals surface area contributed by atoms with Gasteiger partial charge in [0.25, 0.3) is 5.22 Å². The average Bonchev–Trinajstić information content (AvgIpc) is 3.33. The molecule has 0 unspecified atom stereocenters. The molecule has 4 rings (SSSR count). The fraction of sp³-hybridized carbons (Fsp3) is 0.304. The maximum absolute atomic E-state index is 12.6. The molecule has 1 aliphatic carbocycles. The van der Waals surface area contributed by atoms with Crippen LogP contribution in [0.1, 0.15) is 51.5 Å². The number of nitrogens with one attached hydrogen (secondary N) is 1. The Labute approximate surface area is 194 Å². The van der Waals surface area contributed by atoms with Crippen LogP contribution in [0.15, 0.2) is 40.0 Å². The Hall–Kier alpha value is -2.91. The first kappa shape index (κ1) is 22.3. The van der Waals surface area contributed by atoms with Gasteiger partial charge in [0.2, 0.25) is 11.8 Å². The first-order valence-electron chi connectivity index (χ1n) is 10.4. The SMILES string of the molecule is COC(=O)c1c(NC(=O)CSc2nnc(C=Cc3ccccc3)o2)sc2c1CCCCC2. The number of ether oxygens (including phenoxy) is 1. The van der Waals surface area contributed by atoms with E-state index in [1.807, 2.05) is 36.4 Å². The normalized spacial score (nSPS) is 13.5. The summed E-state index contributed by atoms with van der Waals surface area (Å²) in [5.74, 6) is -0.185. The molecule has 0 saturated heterocycles. The van der Waals surface area contributed by atoms with Crippen molar-refractivity contribution in [2.45, 2.75) is 37.3 Å². The summed E-state index contributed by atoms with van der Waals surface area (Å²) in [5, 5.41) is 11.7. The Morgan fingerprint density at radius 1 is 1.16 bits per heavy atom. The number of carbonyl (C=O) groups excluding carboxylic acids is 2. The van der Waals surface area contributed by atoms with E-state index in [2.05, 4.69) is 15.5 Å². The first-order chi connectivity index (χ1) is 15.6. The average molecular weight is 470 g/mol. The van der Waals surface area contributed by atoms with Crippen molar-refractivity contribution < 1.29 is 18.7 Å². The number of fused-ring (bicyclic) bond motifs is 1. The maximum Gasteiger partial charge on any atom is 0.341 e. The highest BCUT2D eigenvalue weighted by Gasteiger charge is 2.26. The van der Waals surface area contributed by atoms with Gasteiger partial charge in [0, 0.05) is 11.0 Å². The lowest BCUT2D eigenvalue weighted by molar-refractivity contribution is -0.113. The van der Waals surface area contributed by atoms with Gasteiger partial charge < -0.3 is 14.5 Å². The number of esters is 1. The van der Waals surface area contributed by atoms with Crippen LogP contribution in [-0.4, -0.2) is 34.9 Å². The zero-order chi connectivity index (χ0) is 22.3.